The Hall–Kier alpha value is -2.43. The third-order valence-corrected chi connectivity index (χ3v) is 3.04. The minimum atomic E-state index is -0.0969. The molecule has 0 aliphatic rings. The normalized spacial score (nSPS) is 10.2. The molecule has 0 atom stereocenters. The summed E-state index contributed by atoms with van der Waals surface area (Å²) in [7, 11) is 1.62. The van der Waals surface area contributed by atoms with Crippen LogP contribution in [0.4, 0.5) is 5.82 Å². The van der Waals surface area contributed by atoms with Crippen molar-refractivity contribution in [1.82, 2.24) is 9.97 Å². The molecule has 2 aromatic rings. The quantitative estimate of drug-likeness (QED) is 0.917. The second-order valence-electron chi connectivity index (χ2n) is 4.72. The predicted molar refractivity (Wildman–Crippen MR) is 81.5 cm³/mol. The number of rotatable bonds is 5. The van der Waals surface area contributed by atoms with Crippen molar-refractivity contribution in [2.75, 3.05) is 12.4 Å². The van der Waals surface area contributed by atoms with Crippen LogP contribution in [0.2, 0.25) is 0 Å². The number of aryl methyl sites for hydroxylation is 2. The van der Waals surface area contributed by atoms with Gasteiger partial charge >= 0.3 is 0 Å². The lowest BCUT2D eigenvalue weighted by atomic mass is 10.1. The summed E-state index contributed by atoms with van der Waals surface area (Å²) in [5.74, 6) is 1.89. The zero-order chi connectivity index (χ0) is 15.2. The average molecular weight is 285 g/mol. The van der Waals surface area contributed by atoms with Gasteiger partial charge in [-0.05, 0) is 31.0 Å². The fraction of sp³-hybridized carbons (Fsp3) is 0.312. The summed E-state index contributed by atoms with van der Waals surface area (Å²) in [6.45, 7) is 3.84. The average Bonchev–Trinajstić information content (AvgIpc) is 2.47. The number of methoxy groups -OCH3 is 1. The molecule has 0 saturated heterocycles. The zero-order valence-electron chi connectivity index (χ0n) is 12.5. The first-order chi connectivity index (χ1) is 10.1. The topological polar surface area (TPSA) is 64.1 Å². The number of anilines is 1. The van der Waals surface area contributed by atoms with Crippen molar-refractivity contribution in [3.05, 3.63) is 47.4 Å². The van der Waals surface area contributed by atoms with Crippen molar-refractivity contribution < 1.29 is 9.53 Å². The summed E-state index contributed by atoms with van der Waals surface area (Å²) in [6, 6.07) is 9.24. The van der Waals surface area contributed by atoms with Gasteiger partial charge in [0.2, 0.25) is 5.91 Å². The Labute approximate surface area is 124 Å². The molecule has 0 radical (unpaired) electrons. The molecule has 110 valence electrons. The Kier molecular flexibility index (Phi) is 4.87. The maximum Gasteiger partial charge on any atom is 0.229 e. The number of nitrogens with zero attached hydrogens (tertiary/aromatic N) is 2. The second kappa shape index (κ2) is 6.83. The molecular formula is C16H19N3O2. The fourth-order valence-corrected chi connectivity index (χ4v) is 1.99. The van der Waals surface area contributed by atoms with Gasteiger partial charge < -0.3 is 10.1 Å². The lowest BCUT2D eigenvalue weighted by Crippen LogP contribution is -2.16. The summed E-state index contributed by atoms with van der Waals surface area (Å²) >= 11 is 0. The van der Waals surface area contributed by atoms with Gasteiger partial charge in [-0.15, -0.1) is 0 Å². The summed E-state index contributed by atoms with van der Waals surface area (Å²) in [5.41, 5.74) is 1.84. The van der Waals surface area contributed by atoms with Crippen LogP contribution in [0.15, 0.2) is 30.3 Å². The van der Waals surface area contributed by atoms with Crippen molar-refractivity contribution in [3.8, 4) is 5.75 Å². The van der Waals surface area contributed by atoms with Gasteiger partial charge in [-0.2, -0.15) is 0 Å². The molecule has 21 heavy (non-hydrogen) atoms. The monoisotopic (exact) mass is 285 g/mol. The van der Waals surface area contributed by atoms with E-state index in [1.54, 1.807) is 13.2 Å². The molecule has 5 nitrogen and oxygen atoms in total. The first-order valence-electron chi connectivity index (χ1n) is 6.88. The third kappa shape index (κ3) is 4.27. The van der Waals surface area contributed by atoms with Gasteiger partial charge in [-0.1, -0.05) is 19.1 Å². The van der Waals surface area contributed by atoms with Crippen LogP contribution >= 0.6 is 0 Å². The molecule has 2 rings (SSSR count). The molecule has 5 heteroatoms. The molecule has 0 unspecified atom stereocenters. The molecule has 1 amide bonds. The first-order valence-corrected chi connectivity index (χ1v) is 6.88. The highest BCUT2D eigenvalue weighted by Crippen LogP contribution is 2.13. The van der Waals surface area contributed by atoms with Crippen molar-refractivity contribution in [3.63, 3.8) is 0 Å². The number of hydrogen-bond acceptors (Lipinski definition) is 4. The zero-order valence-corrected chi connectivity index (χ0v) is 12.5. The van der Waals surface area contributed by atoms with Gasteiger partial charge in [-0.25, -0.2) is 9.97 Å². The van der Waals surface area contributed by atoms with Gasteiger partial charge in [0.1, 0.15) is 17.4 Å². The van der Waals surface area contributed by atoms with Crippen LogP contribution in [0.25, 0.3) is 0 Å². The number of carbonyl (C=O) groups is 1. The summed E-state index contributed by atoms with van der Waals surface area (Å²) < 4.78 is 5.09. The van der Waals surface area contributed by atoms with Gasteiger partial charge in [-0.3, -0.25) is 4.79 Å². The van der Waals surface area contributed by atoms with Crippen molar-refractivity contribution in [2.24, 2.45) is 0 Å². The van der Waals surface area contributed by atoms with Crippen molar-refractivity contribution in [1.29, 1.82) is 0 Å². The second-order valence-corrected chi connectivity index (χ2v) is 4.72. The van der Waals surface area contributed by atoms with E-state index in [4.69, 9.17) is 4.74 Å². The molecule has 0 saturated carbocycles. The maximum absolute atomic E-state index is 12.0. The molecule has 0 aliphatic heterocycles. The smallest absolute Gasteiger partial charge is 0.229 e. The number of aromatic nitrogens is 2. The van der Waals surface area contributed by atoms with Crippen LogP contribution in [0.5, 0.6) is 5.75 Å². The molecule has 0 spiro atoms. The van der Waals surface area contributed by atoms with Crippen LogP contribution in [0.3, 0.4) is 0 Å². The van der Waals surface area contributed by atoms with E-state index in [2.05, 4.69) is 15.3 Å². The van der Waals surface area contributed by atoms with Crippen LogP contribution in [0, 0.1) is 6.92 Å². The molecule has 1 aromatic carbocycles. The van der Waals surface area contributed by atoms with Crippen LogP contribution < -0.4 is 10.1 Å². The van der Waals surface area contributed by atoms with E-state index in [1.165, 1.54) is 0 Å². The molecule has 1 N–H and O–H groups in total. The van der Waals surface area contributed by atoms with E-state index in [0.717, 1.165) is 23.4 Å². The highest BCUT2D eigenvalue weighted by molar-refractivity contribution is 5.91. The third-order valence-electron chi connectivity index (χ3n) is 3.04. The standard InChI is InChI=1S/C16H19N3O2/c1-4-13-10-15(18-11(2)17-13)19-16(20)9-12-5-7-14(21-3)8-6-12/h5-8,10H,4,9H2,1-3H3,(H,17,18,19,20). The number of benzene rings is 1. The highest BCUT2D eigenvalue weighted by Gasteiger charge is 2.07. The highest BCUT2D eigenvalue weighted by atomic mass is 16.5. The number of ether oxygens (including phenoxy) is 1. The SMILES string of the molecule is CCc1cc(NC(=O)Cc2ccc(OC)cc2)nc(C)n1. The Morgan fingerprint density at radius 1 is 1.24 bits per heavy atom. The first kappa shape index (κ1) is 15.0. The largest absolute Gasteiger partial charge is 0.497 e. The van der Waals surface area contributed by atoms with E-state index in [9.17, 15) is 4.79 Å². The molecule has 0 bridgehead atoms. The van der Waals surface area contributed by atoms with Crippen LogP contribution in [0.1, 0.15) is 24.0 Å². The van der Waals surface area contributed by atoms with Gasteiger partial charge in [0.05, 0.1) is 13.5 Å². The van der Waals surface area contributed by atoms with E-state index >= 15 is 0 Å². The van der Waals surface area contributed by atoms with E-state index < -0.39 is 0 Å². The fourth-order valence-electron chi connectivity index (χ4n) is 1.99. The Balaban J connectivity index is 2.02. The van der Waals surface area contributed by atoms with E-state index in [1.807, 2.05) is 38.1 Å². The maximum atomic E-state index is 12.0. The molecule has 1 heterocycles. The van der Waals surface area contributed by atoms with Gasteiger partial charge in [0.15, 0.2) is 0 Å². The number of carbonyl (C=O) groups excluding carboxylic acids is 1. The molecule has 0 fully saturated rings. The molecule has 0 aliphatic carbocycles. The Morgan fingerprint density at radius 3 is 2.57 bits per heavy atom. The van der Waals surface area contributed by atoms with Crippen molar-refractivity contribution >= 4 is 11.7 Å². The lowest BCUT2D eigenvalue weighted by molar-refractivity contribution is -0.115. The minimum Gasteiger partial charge on any atom is -0.497 e. The number of hydrogen-bond donors (Lipinski definition) is 1. The number of nitrogens with one attached hydrogen (secondary N) is 1. The predicted octanol–water partition coefficient (Wildman–Crippen LogP) is 2.54. The Morgan fingerprint density at radius 2 is 1.95 bits per heavy atom. The van der Waals surface area contributed by atoms with Gasteiger partial charge in [0, 0.05) is 11.8 Å². The summed E-state index contributed by atoms with van der Waals surface area (Å²) in [6.07, 6.45) is 1.11. The van der Waals surface area contributed by atoms with Gasteiger partial charge in [0.25, 0.3) is 0 Å². The minimum absolute atomic E-state index is 0.0969. The molecular weight excluding hydrogens is 266 g/mol. The summed E-state index contributed by atoms with van der Waals surface area (Å²) in [4.78, 5) is 20.6. The lowest BCUT2D eigenvalue weighted by Gasteiger charge is -2.07. The Bertz CT molecular complexity index is 624. The number of amides is 1. The molecule has 1 aromatic heterocycles. The van der Waals surface area contributed by atoms with E-state index in [0.29, 0.717) is 18.1 Å². The van der Waals surface area contributed by atoms with Crippen LogP contribution in [-0.4, -0.2) is 23.0 Å². The van der Waals surface area contributed by atoms with Crippen molar-refractivity contribution in [2.45, 2.75) is 26.7 Å². The van der Waals surface area contributed by atoms with E-state index in [-0.39, 0.29) is 5.91 Å². The summed E-state index contributed by atoms with van der Waals surface area (Å²) in [5, 5.41) is 2.81. The van der Waals surface area contributed by atoms with Crippen LogP contribution in [-0.2, 0) is 17.6 Å².